The van der Waals surface area contributed by atoms with Gasteiger partial charge in [0.15, 0.2) is 6.61 Å². The molecule has 0 fully saturated rings. The second-order valence-corrected chi connectivity index (χ2v) is 7.60. The Morgan fingerprint density at radius 2 is 1.77 bits per heavy atom. The Hall–Kier alpha value is -3.11. The fourth-order valence-electron chi connectivity index (χ4n) is 4.10. The van der Waals surface area contributed by atoms with E-state index in [0.29, 0.717) is 6.54 Å². The van der Waals surface area contributed by atoms with Crippen LogP contribution < -0.4 is 10.1 Å². The van der Waals surface area contributed by atoms with Crippen LogP contribution >= 0.6 is 0 Å². The molecule has 3 aromatic carbocycles. The third kappa shape index (κ3) is 4.71. The van der Waals surface area contributed by atoms with E-state index in [-0.39, 0.29) is 18.6 Å². The van der Waals surface area contributed by atoms with Gasteiger partial charge in [0.1, 0.15) is 5.75 Å². The summed E-state index contributed by atoms with van der Waals surface area (Å²) < 4.78 is 5.84. The Bertz CT molecular complexity index is 973. The number of carbonyl (C=O) groups is 1. The molecule has 154 valence electrons. The van der Waals surface area contributed by atoms with Crippen LogP contribution in [0, 0.1) is 0 Å². The minimum absolute atomic E-state index is 0.0130. The molecular weight excluding hydrogens is 372 g/mol. The average molecular weight is 401 g/mol. The Kier molecular flexibility index (Phi) is 6.45. The molecule has 0 radical (unpaired) electrons. The predicted molar refractivity (Wildman–Crippen MR) is 119 cm³/mol. The summed E-state index contributed by atoms with van der Waals surface area (Å²) in [5.74, 6) is 0.619. The number of hydrogen-bond donors (Lipinski definition) is 1. The summed E-state index contributed by atoms with van der Waals surface area (Å²) in [5, 5.41) is 2.91. The third-order valence-electron chi connectivity index (χ3n) is 5.67. The number of amides is 1. The third-order valence-corrected chi connectivity index (χ3v) is 5.67. The van der Waals surface area contributed by atoms with Crippen molar-refractivity contribution in [1.82, 2.24) is 10.2 Å². The van der Waals surface area contributed by atoms with E-state index >= 15 is 0 Å². The lowest BCUT2D eigenvalue weighted by atomic mass is 9.88. The molecule has 1 aliphatic heterocycles. The van der Waals surface area contributed by atoms with Crippen molar-refractivity contribution in [2.75, 3.05) is 19.7 Å². The quantitative estimate of drug-likeness (QED) is 0.641. The van der Waals surface area contributed by atoms with Gasteiger partial charge in [-0.2, -0.15) is 0 Å². The zero-order valence-corrected chi connectivity index (χ0v) is 17.4. The summed E-state index contributed by atoms with van der Waals surface area (Å²) in [6, 6.07) is 27.0. The molecule has 1 N–H and O–H groups in total. The Labute approximate surface area is 178 Å². The number of hydrogen-bond acceptors (Lipinski definition) is 3. The molecule has 1 amide bonds. The first kappa shape index (κ1) is 20.2. The topological polar surface area (TPSA) is 41.6 Å². The average Bonchev–Trinajstić information content (AvgIpc) is 2.81. The maximum atomic E-state index is 12.2. The number of nitrogens with one attached hydrogen (secondary N) is 1. The van der Waals surface area contributed by atoms with Crippen LogP contribution in [0.3, 0.4) is 0 Å². The maximum Gasteiger partial charge on any atom is 0.258 e. The Balaban J connectivity index is 1.45. The molecule has 4 rings (SSSR count). The highest BCUT2D eigenvalue weighted by molar-refractivity contribution is 5.77. The highest BCUT2D eigenvalue weighted by Gasteiger charge is 2.28. The van der Waals surface area contributed by atoms with Crippen LogP contribution in [-0.2, 0) is 17.8 Å². The highest BCUT2D eigenvalue weighted by atomic mass is 16.5. The van der Waals surface area contributed by atoms with Gasteiger partial charge in [-0.05, 0) is 47.4 Å². The molecule has 0 bridgehead atoms. The van der Waals surface area contributed by atoms with Gasteiger partial charge in [0.2, 0.25) is 0 Å². The molecule has 4 nitrogen and oxygen atoms in total. The van der Waals surface area contributed by atoms with E-state index in [1.807, 2.05) is 36.4 Å². The van der Waals surface area contributed by atoms with Crippen molar-refractivity contribution in [1.29, 1.82) is 0 Å². The van der Waals surface area contributed by atoms with Crippen LogP contribution in [-0.4, -0.2) is 30.5 Å². The molecule has 1 aliphatic rings. The lowest BCUT2D eigenvalue weighted by molar-refractivity contribution is -0.123. The van der Waals surface area contributed by atoms with Crippen LogP contribution in [0.1, 0.15) is 35.2 Å². The molecule has 0 aliphatic carbocycles. The summed E-state index contributed by atoms with van der Waals surface area (Å²) in [5.41, 5.74) is 4.99. The van der Waals surface area contributed by atoms with E-state index < -0.39 is 0 Å². The number of benzene rings is 3. The normalized spacial score (nSPS) is 16.0. The van der Waals surface area contributed by atoms with Crippen molar-refractivity contribution in [2.45, 2.75) is 25.9 Å². The molecule has 30 heavy (non-hydrogen) atoms. The molecule has 1 heterocycles. The van der Waals surface area contributed by atoms with E-state index in [1.54, 1.807) is 0 Å². The maximum absolute atomic E-state index is 12.2. The van der Waals surface area contributed by atoms with Gasteiger partial charge in [0.05, 0.1) is 6.04 Å². The second kappa shape index (κ2) is 9.59. The van der Waals surface area contributed by atoms with E-state index in [2.05, 4.69) is 59.6 Å². The minimum atomic E-state index is -0.119. The lowest BCUT2D eigenvalue weighted by Gasteiger charge is -2.37. The van der Waals surface area contributed by atoms with Crippen LogP contribution in [0.25, 0.3) is 0 Å². The van der Waals surface area contributed by atoms with Crippen LogP contribution in [0.4, 0.5) is 0 Å². The van der Waals surface area contributed by atoms with Crippen LogP contribution in [0.5, 0.6) is 5.75 Å². The molecule has 0 saturated heterocycles. The van der Waals surface area contributed by atoms with Crippen molar-refractivity contribution < 1.29 is 9.53 Å². The Morgan fingerprint density at radius 1 is 1.03 bits per heavy atom. The first-order chi connectivity index (χ1) is 14.7. The predicted octanol–water partition coefficient (Wildman–Crippen LogP) is 4.35. The van der Waals surface area contributed by atoms with Gasteiger partial charge in [-0.1, -0.05) is 73.7 Å². The van der Waals surface area contributed by atoms with Gasteiger partial charge in [-0.25, -0.2) is 0 Å². The van der Waals surface area contributed by atoms with Crippen molar-refractivity contribution in [3.63, 3.8) is 0 Å². The monoisotopic (exact) mass is 400 g/mol. The van der Waals surface area contributed by atoms with E-state index in [0.717, 1.165) is 30.8 Å². The number of nitrogens with zero attached hydrogens (tertiary/aromatic N) is 1. The van der Waals surface area contributed by atoms with Crippen LogP contribution in [0.15, 0.2) is 78.9 Å². The molecular formula is C26H28N2O2. The molecule has 0 unspecified atom stereocenters. The molecule has 1 atom stereocenters. The summed E-state index contributed by atoms with van der Waals surface area (Å²) in [6.07, 6.45) is 1.03. The minimum Gasteiger partial charge on any atom is -0.484 e. The van der Waals surface area contributed by atoms with Crippen molar-refractivity contribution in [3.8, 4) is 5.75 Å². The van der Waals surface area contributed by atoms with Crippen molar-refractivity contribution in [2.24, 2.45) is 0 Å². The van der Waals surface area contributed by atoms with Gasteiger partial charge in [-0.15, -0.1) is 0 Å². The highest BCUT2D eigenvalue weighted by Crippen LogP contribution is 2.36. The fourth-order valence-corrected chi connectivity index (χ4v) is 4.10. The molecule has 4 heteroatoms. The number of likely N-dealkylation sites (N-methyl/N-ethyl adjacent to an activating group) is 1. The molecule has 0 spiro atoms. The largest absolute Gasteiger partial charge is 0.484 e. The van der Waals surface area contributed by atoms with E-state index in [4.69, 9.17) is 4.74 Å². The van der Waals surface area contributed by atoms with Crippen LogP contribution in [0.2, 0.25) is 0 Å². The number of rotatable bonds is 7. The fraction of sp³-hybridized carbons (Fsp3) is 0.269. The van der Waals surface area contributed by atoms with Gasteiger partial charge < -0.3 is 10.1 Å². The van der Waals surface area contributed by atoms with Crippen molar-refractivity contribution >= 4 is 5.91 Å². The smallest absolute Gasteiger partial charge is 0.258 e. The standard InChI is InChI=1S/C26H28N2O2/c1-2-28-16-15-21-13-14-23(17-24(21)26(28)22-11-7-4-8-12-22)30-19-25(29)27-18-20-9-5-3-6-10-20/h3-14,17,26H,2,15-16,18-19H2,1H3,(H,27,29)/t26-/m1/s1. The summed E-state index contributed by atoms with van der Waals surface area (Å²) in [7, 11) is 0. The van der Waals surface area contributed by atoms with E-state index in [9.17, 15) is 4.79 Å². The van der Waals surface area contributed by atoms with Gasteiger partial charge in [-0.3, -0.25) is 9.69 Å². The summed E-state index contributed by atoms with van der Waals surface area (Å²) in [6.45, 7) is 4.77. The summed E-state index contributed by atoms with van der Waals surface area (Å²) in [4.78, 5) is 14.7. The SMILES string of the molecule is CCN1CCc2ccc(OCC(=O)NCc3ccccc3)cc2[C@H]1c1ccccc1. The first-order valence-electron chi connectivity index (χ1n) is 10.6. The zero-order valence-electron chi connectivity index (χ0n) is 17.4. The number of ether oxygens (including phenoxy) is 1. The molecule has 3 aromatic rings. The molecule has 0 aromatic heterocycles. The lowest BCUT2D eigenvalue weighted by Crippen LogP contribution is -2.36. The van der Waals surface area contributed by atoms with Gasteiger partial charge >= 0.3 is 0 Å². The number of fused-ring (bicyclic) bond motifs is 1. The van der Waals surface area contributed by atoms with Gasteiger partial charge in [0, 0.05) is 13.1 Å². The second-order valence-electron chi connectivity index (χ2n) is 7.60. The number of carbonyl (C=O) groups excluding carboxylic acids is 1. The van der Waals surface area contributed by atoms with Crippen molar-refractivity contribution in [3.05, 3.63) is 101 Å². The van der Waals surface area contributed by atoms with E-state index in [1.165, 1.54) is 16.7 Å². The first-order valence-corrected chi connectivity index (χ1v) is 10.6. The zero-order chi connectivity index (χ0) is 20.8. The Morgan fingerprint density at radius 3 is 2.50 bits per heavy atom. The van der Waals surface area contributed by atoms with Gasteiger partial charge in [0.25, 0.3) is 5.91 Å². The molecule has 0 saturated carbocycles. The summed E-state index contributed by atoms with van der Waals surface area (Å²) >= 11 is 0.